The second kappa shape index (κ2) is 9.96. The van der Waals surface area contributed by atoms with Gasteiger partial charge in [-0.1, -0.05) is 12.1 Å². The van der Waals surface area contributed by atoms with Crippen LogP contribution < -0.4 is 0 Å². The standard InChI is InChI=1S/C24H21F7O4/c1-12(15-8-16(23(26,27)28)10-17(9-15)24(29,30)31)35-19-7-4-14(11-32)21(22(33)34)20(19)13-2-5-18(25)6-3-13/h2-3,5-6,8-12,14,19-21H,4,7H2,1H3,(H,33,34)/t12?,14-,19+,20-,21+/m1/s1. The van der Waals surface area contributed by atoms with Gasteiger partial charge >= 0.3 is 18.3 Å². The van der Waals surface area contributed by atoms with Gasteiger partial charge in [0.25, 0.3) is 0 Å². The number of halogens is 7. The molecule has 0 saturated heterocycles. The van der Waals surface area contributed by atoms with E-state index in [1.807, 2.05) is 0 Å². The average Bonchev–Trinajstić information content (AvgIpc) is 2.77. The van der Waals surface area contributed by atoms with Gasteiger partial charge in [0, 0.05) is 11.8 Å². The molecule has 4 nitrogen and oxygen atoms in total. The van der Waals surface area contributed by atoms with Crippen molar-refractivity contribution in [3.63, 3.8) is 0 Å². The molecule has 0 aromatic heterocycles. The summed E-state index contributed by atoms with van der Waals surface area (Å²) in [6, 6.07) is 5.92. The van der Waals surface area contributed by atoms with Gasteiger partial charge in [0.2, 0.25) is 0 Å². The zero-order chi connectivity index (χ0) is 26.1. The van der Waals surface area contributed by atoms with Crippen molar-refractivity contribution in [3.05, 3.63) is 70.5 Å². The predicted molar refractivity (Wildman–Crippen MR) is 109 cm³/mol. The number of ether oxygens (including phenoxy) is 1. The molecular weight excluding hydrogens is 485 g/mol. The number of benzene rings is 2. The Bertz CT molecular complexity index is 1030. The van der Waals surface area contributed by atoms with E-state index in [1.165, 1.54) is 19.1 Å². The summed E-state index contributed by atoms with van der Waals surface area (Å²) in [5.74, 6) is -5.10. The number of alkyl halides is 6. The van der Waals surface area contributed by atoms with Crippen LogP contribution in [0.2, 0.25) is 0 Å². The Morgan fingerprint density at radius 2 is 1.54 bits per heavy atom. The molecule has 0 amide bonds. The maximum absolute atomic E-state index is 13.5. The van der Waals surface area contributed by atoms with Crippen LogP contribution in [0.5, 0.6) is 0 Å². The van der Waals surface area contributed by atoms with Crippen molar-refractivity contribution < 1.29 is 50.2 Å². The lowest BCUT2D eigenvalue weighted by atomic mass is 9.68. The molecule has 5 atom stereocenters. The van der Waals surface area contributed by atoms with Gasteiger partial charge in [-0.25, -0.2) is 4.39 Å². The van der Waals surface area contributed by atoms with Crippen LogP contribution in [0.1, 0.15) is 54.0 Å². The lowest BCUT2D eigenvalue weighted by Crippen LogP contribution is -2.42. The van der Waals surface area contributed by atoms with E-state index >= 15 is 0 Å². The van der Waals surface area contributed by atoms with Gasteiger partial charge in [-0.3, -0.25) is 4.79 Å². The maximum atomic E-state index is 13.5. The predicted octanol–water partition coefficient (Wildman–Crippen LogP) is 6.40. The quantitative estimate of drug-likeness (QED) is 0.364. The topological polar surface area (TPSA) is 63.6 Å². The Hall–Kier alpha value is -2.95. The van der Waals surface area contributed by atoms with Gasteiger partial charge in [-0.2, -0.15) is 26.3 Å². The first kappa shape index (κ1) is 26.7. The Balaban J connectivity index is 2.01. The molecule has 1 unspecified atom stereocenters. The third-order valence-corrected chi connectivity index (χ3v) is 6.21. The SMILES string of the molecule is CC(O[C@H]1CC[C@H](C=O)[C@H](C(=O)O)[C@@H]1c1ccc(F)cc1)c1cc(C(F)(F)F)cc(C(F)(F)F)c1. The summed E-state index contributed by atoms with van der Waals surface area (Å²) >= 11 is 0. The van der Waals surface area contributed by atoms with E-state index in [2.05, 4.69) is 0 Å². The van der Waals surface area contributed by atoms with E-state index in [4.69, 9.17) is 4.74 Å². The van der Waals surface area contributed by atoms with E-state index in [9.17, 15) is 45.4 Å². The van der Waals surface area contributed by atoms with Gasteiger partial charge in [-0.05, 0) is 61.2 Å². The first-order chi connectivity index (χ1) is 16.2. The monoisotopic (exact) mass is 506 g/mol. The first-order valence-electron chi connectivity index (χ1n) is 10.6. The molecule has 1 aliphatic rings. The number of carboxylic acids is 1. The van der Waals surface area contributed by atoms with E-state index in [0.717, 1.165) is 12.1 Å². The molecular formula is C24H21F7O4. The van der Waals surface area contributed by atoms with Crippen molar-refractivity contribution in [2.75, 3.05) is 0 Å². The van der Waals surface area contributed by atoms with Crippen LogP contribution in [-0.2, 0) is 26.7 Å². The minimum Gasteiger partial charge on any atom is -0.481 e. The van der Waals surface area contributed by atoms with Gasteiger partial charge in [0.05, 0.1) is 29.3 Å². The molecule has 0 radical (unpaired) electrons. The van der Waals surface area contributed by atoms with E-state index in [1.54, 1.807) is 0 Å². The summed E-state index contributed by atoms with van der Waals surface area (Å²) in [7, 11) is 0. The molecule has 2 aromatic rings. The van der Waals surface area contributed by atoms with Gasteiger partial charge in [0.15, 0.2) is 0 Å². The highest BCUT2D eigenvalue weighted by atomic mass is 19.4. The van der Waals surface area contributed by atoms with Crippen molar-refractivity contribution in [2.45, 2.75) is 50.2 Å². The Morgan fingerprint density at radius 1 is 1.00 bits per heavy atom. The minimum absolute atomic E-state index is 0.00723. The fraction of sp³-hybridized carbons (Fsp3) is 0.417. The molecule has 2 aromatic carbocycles. The molecule has 11 heteroatoms. The van der Waals surface area contributed by atoms with Crippen molar-refractivity contribution in [2.24, 2.45) is 11.8 Å². The molecule has 190 valence electrons. The normalized spacial score (nSPS) is 24.1. The summed E-state index contributed by atoms with van der Waals surface area (Å²) in [6.45, 7) is 1.26. The van der Waals surface area contributed by atoms with E-state index < -0.39 is 70.8 Å². The van der Waals surface area contributed by atoms with Crippen LogP contribution in [-0.4, -0.2) is 23.5 Å². The van der Waals surface area contributed by atoms with Gasteiger partial charge in [0.1, 0.15) is 12.1 Å². The van der Waals surface area contributed by atoms with Crippen LogP contribution in [0, 0.1) is 17.7 Å². The summed E-state index contributed by atoms with van der Waals surface area (Å²) in [5.41, 5.74) is -3.07. The number of rotatable bonds is 6. The minimum atomic E-state index is -5.04. The third-order valence-electron chi connectivity index (χ3n) is 6.21. The van der Waals surface area contributed by atoms with Crippen molar-refractivity contribution in [3.8, 4) is 0 Å². The second-order valence-corrected chi connectivity index (χ2v) is 8.47. The molecule has 0 bridgehead atoms. The average molecular weight is 506 g/mol. The number of carbonyl (C=O) groups excluding carboxylic acids is 1. The number of hydrogen-bond acceptors (Lipinski definition) is 3. The van der Waals surface area contributed by atoms with Gasteiger partial charge < -0.3 is 14.6 Å². The first-order valence-corrected chi connectivity index (χ1v) is 10.6. The number of carbonyl (C=O) groups is 2. The molecule has 35 heavy (non-hydrogen) atoms. The molecule has 0 spiro atoms. The maximum Gasteiger partial charge on any atom is 0.416 e. The number of aliphatic carboxylic acids is 1. The zero-order valence-corrected chi connectivity index (χ0v) is 18.2. The second-order valence-electron chi connectivity index (χ2n) is 8.47. The fourth-order valence-corrected chi connectivity index (χ4v) is 4.52. The molecule has 1 aliphatic carbocycles. The lowest BCUT2D eigenvalue weighted by Gasteiger charge is -2.40. The van der Waals surface area contributed by atoms with Crippen LogP contribution in [0.4, 0.5) is 30.7 Å². The molecule has 0 aliphatic heterocycles. The van der Waals surface area contributed by atoms with Crippen LogP contribution in [0.25, 0.3) is 0 Å². The van der Waals surface area contributed by atoms with Crippen molar-refractivity contribution in [1.82, 2.24) is 0 Å². The third kappa shape index (κ3) is 6.01. The Labute approximate surface area is 195 Å². The van der Waals surface area contributed by atoms with Crippen molar-refractivity contribution >= 4 is 12.3 Å². The molecule has 0 heterocycles. The number of carboxylic acid groups (broad SMARTS) is 1. The van der Waals surface area contributed by atoms with Crippen molar-refractivity contribution in [1.29, 1.82) is 0 Å². The number of hydrogen-bond donors (Lipinski definition) is 1. The fourth-order valence-electron chi connectivity index (χ4n) is 4.52. The van der Waals surface area contributed by atoms with Gasteiger partial charge in [-0.15, -0.1) is 0 Å². The highest BCUT2D eigenvalue weighted by Crippen LogP contribution is 2.45. The highest BCUT2D eigenvalue weighted by molar-refractivity contribution is 5.76. The van der Waals surface area contributed by atoms with Crippen LogP contribution >= 0.6 is 0 Å². The molecule has 1 saturated carbocycles. The van der Waals surface area contributed by atoms with E-state index in [-0.39, 0.29) is 18.9 Å². The Morgan fingerprint density at radius 3 is 2.00 bits per heavy atom. The van der Waals surface area contributed by atoms with E-state index in [0.29, 0.717) is 24.0 Å². The summed E-state index contributed by atoms with van der Waals surface area (Å²) < 4.78 is 98.9. The molecule has 1 fully saturated rings. The highest BCUT2D eigenvalue weighted by Gasteiger charge is 2.46. The largest absolute Gasteiger partial charge is 0.481 e. The Kier molecular flexibility index (Phi) is 7.59. The number of aldehydes is 1. The summed E-state index contributed by atoms with van der Waals surface area (Å²) in [6.07, 6.45) is -11.6. The summed E-state index contributed by atoms with van der Waals surface area (Å²) in [4.78, 5) is 23.6. The molecule has 1 N–H and O–H groups in total. The van der Waals surface area contributed by atoms with Crippen LogP contribution in [0.15, 0.2) is 42.5 Å². The zero-order valence-electron chi connectivity index (χ0n) is 18.2. The lowest BCUT2D eigenvalue weighted by molar-refractivity contribution is -0.153. The summed E-state index contributed by atoms with van der Waals surface area (Å²) in [5, 5.41) is 9.81. The van der Waals surface area contributed by atoms with Crippen LogP contribution in [0.3, 0.4) is 0 Å². The molecule has 3 rings (SSSR count). The smallest absolute Gasteiger partial charge is 0.416 e.